The number of pyridine rings is 1. The number of aromatic nitrogens is 1. The summed E-state index contributed by atoms with van der Waals surface area (Å²) in [4.78, 5) is 19.1. The molecule has 0 radical (unpaired) electrons. The fourth-order valence-electron chi connectivity index (χ4n) is 3.67. The highest BCUT2D eigenvalue weighted by Crippen LogP contribution is 2.25. The lowest BCUT2D eigenvalue weighted by Gasteiger charge is -2.36. The van der Waals surface area contributed by atoms with Gasteiger partial charge in [-0.25, -0.2) is 0 Å². The number of rotatable bonds is 4. The molecule has 0 spiro atoms. The molecule has 1 aliphatic rings. The molecular weight excluding hydrogens is 362 g/mol. The minimum absolute atomic E-state index is 0.162. The van der Waals surface area contributed by atoms with Crippen LogP contribution >= 0.6 is 11.6 Å². The number of hydrogen-bond acceptors (Lipinski definition) is 4. The van der Waals surface area contributed by atoms with Crippen molar-refractivity contribution < 1.29 is 9.21 Å². The molecule has 0 unspecified atom stereocenters. The second-order valence-corrected chi connectivity index (χ2v) is 7.47. The first-order valence-corrected chi connectivity index (χ1v) is 9.62. The summed E-state index contributed by atoms with van der Waals surface area (Å²) in [6, 6.07) is 11.7. The smallest absolute Gasteiger partial charge is 0.287 e. The largest absolute Gasteiger partial charge is 0.451 e. The Labute approximate surface area is 163 Å². The van der Waals surface area contributed by atoms with Gasteiger partial charge in [0, 0.05) is 48.0 Å². The molecule has 1 aromatic carbocycles. The van der Waals surface area contributed by atoms with Crippen LogP contribution in [0.3, 0.4) is 0 Å². The molecule has 140 valence electrons. The normalized spacial score (nSPS) is 17.1. The number of furan rings is 1. The van der Waals surface area contributed by atoms with Crippen LogP contribution in [0.15, 0.2) is 53.2 Å². The highest BCUT2D eigenvalue weighted by Gasteiger charge is 2.25. The number of likely N-dealkylation sites (tertiary alicyclic amines) is 1. The van der Waals surface area contributed by atoms with Crippen LogP contribution in [0.4, 0.5) is 0 Å². The molecule has 3 aromatic rings. The number of piperidine rings is 1. The molecule has 0 bridgehead atoms. The van der Waals surface area contributed by atoms with Crippen molar-refractivity contribution in [2.24, 2.45) is 0 Å². The topological polar surface area (TPSA) is 58.4 Å². The van der Waals surface area contributed by atoms with Crippen LogP contribution in [0.25, 0.3) is 11.0 Å². The maximum Gasteiger partial charge on any atom is 0.287 e. The summed E-state index contributed by atoms with van der Waals surface area (Å²) in [7, 11) is 0. The molecule has 1 N–H and O–H groups in total. The molecular formula is C21H22ClN3O2. The van der Waals surface area contributed by atoms with Crippen LogP contribution in [-0.2, 0) is 0 Å². The third kappa shape index (κ3) is 3.99. The molecule has 27 heavy (non-hydrogen) atoms. The summed E-state index contributed by atoms with van der Waals surface area (Å²) in [6.07, 6.45) is 5.51. The maximum absolute atomic E-state index is 12.5. The second-order valence-electron chi connectivity index (χ2n) is 7.03. The van der Waals surface area contributed by atoms with Crippen molar-refractivity contribution in [3.8, 4) is 0 Å². The number of fused-ring (bicyclic) bond motifs is 1. The molecule has 6 heteroatoms. The van der Waals surface area contributed by atoms with Gasteiger partial charge in [-0.1, -0.05) is 11.6 Å². The average molecular weight is 384 g/mol. The van der Waals surface area contributed by atoms with Gasteiger partial charge in [0.05, 0.1) is 0 Å². The summed E-state index contributed by atoms with van der Waals surface area (Å²) in [6.45, 7) is 4.11. The zero-order valence-corrected chi connectivity index (χ0v) is 15.9. The first kappa shape index (κ1) is 18.0. The van der Waals surface area contributed by atoms with Crippen LogP contribution in [-0.4, -0.2) is 34.9 Å². The van der Waals surface area contributed by atoms with E-state index in [4.69, 9.17) is 16.0 Å². The van der Waals surface area contributed by atoms with Gasteiger partial charge in [-0.15, -0.1) is 0 Å². The van der Waals surface area contributed by atoms with E-state index < -0.39 is 0 Å². The van der Waals surface area contributed by atoms with Gasteiger partial charge in [-0.2, -0.15) is 0 Å². The minimum atomic E-state index is -0.164. The summed E-state index contributed by atoms with van der Waals surface area (Å²) in [5.41, 5.74) is 1.94. The molecule has 1 saturated heterocycles. The van der Waals surface area contributed by atoms with Crippen LogP contribution in [0, 0.1) is 0 Å². The highest BCUT2D eigenvalue weighted by molar-refractivity contribution is 6.31. The summed E-state index contributed by atoms with van der Waals surface area (Å²) < 4.78 is 5.66. The van der Waals surface area contributed by atoms with E-state index in [1.807, 2.05) is 12.4 Å². The molecule has 3 heterocycles. The van der Waals surface area contributed by atoms with Crippen LogP contribution < -0.4 is 5.32 Å². The number of carbonyl (C=O) groups excluding carboxylic acids is 1. The Balaban J connectivity index is 1.35. The monoisotopic (exact) mass is 383 g/mol. The van der Waals surface area contributed by atoms with Crippen LogP contribution in [0.5, 0.6) is 0 Å². The number of nitrogens with zero attached hydrogens (tertiary/aromatic N) is 2. The van der Waals surface area contributed by atoms with Gasteiger partial charge in [0.25, 0.3) is 5.91 Å². The third-order valence-corrected chi connectivity index (χ3v) is 5.54. The van der Waals surface area contributed by atoms with Crippen molar-refractivity contribution >= 4 is 28.5 Å². The van der Waals surface area contributed by atoms with Crippen LogP contribution in [0.2, 0.25) is 5.02 Å². The Morgan fingerprint density at radius 1 is 1.22 bits per heavy atom. The number of nitrogens with one attached hydrogen (secondary N) is 1. The first-order chi connectivity index (χ1) is 13.1. The summed E-state index contributed by atoms with van der Waals surface area (Å²) in [5.74, 6) is 0.169. The fraction of sp³-hybridized carbons (Fsp3) is 0.333. The summed E-state index contributed by atoms with van der Waals surface area (Å²) in [5, 5.41) is 4.58. The fourth-order valence-corrected chi connectivity index (χ4v) is 3.85. The van der Waals surface area contributed by atoms with Gasteiger partial charge in [0.2, 0.25) is 0 Å². The Bertz CT molecular complexity index is 933. The number of benzene rings is 1. The van der Waals surface area contributed by atoms with Gasteiger partial charge < -0.3 is 9.73 Å². The molecule has 1 aliphatic heterocycles. The van der Waals surface area contributed by atoms with Crippen molar-refractivity contribution in [3.63, 3.8) is 0 Å². The lowest BCUT2D eigenvalue weighted by Crippen LogP contribution is -2.45. The Kier molecular flexibility index (Phi) is 5.14. The number of halogens is 1. The number of hydrogen-bond donors (Lipinski definition) is 1. The van der Waals surface area contributed by atoms with Crippen molar-refractivity contribution in [1.82, 2.24) is 15.2 Å². The van der Waals surface area contributed by atoms with E-state index in [1.165, 1.54) is 5.56 Å². The Morgan fingerprint density at radius 3 is 2.70 bits per heavy atom. The zero-order valence-electron chi connectivity index (χ0n) is 15.2. The second kappa shape index (κ2) is 7.71. The van der Waals surface area contributed by atoms with Gasteiger partial charge in [0.1, 0.15) is 5.58 Å². The molecule has 0 aliphatic carbocycles. The predicted molar refractivity (Wildman–Crippen MR) is 106 cm³/mol. The zero-order chi connectivity index (χ0) is 18.8. The third-order valence-electron chi connectivity index (χ3n) is 5.30. The van der Waals surface area contributed by atoms with Crippen molar-refractivity contribution in [2.75, 3.05) is 13.1 Å². The molecule has 1 amide bonds. The van der Waals surface area contributed by atoms with E-state index in [0.717, 1.165) is 31.3 Å². The average Bonchev–Trinajstić information content (AvgIpc) is 3.12. The van der Waals surface area contributed by atoms with E-state index >= 15 is 0 Å². The maximum atomic E-state index is 12.5. The first-order valence-electron chi connectivity index (χ1n) is 9.24. The van der Waals surface area contributed by atoms with Crippen LogP contribution in [0.1, 0.15) is 41.9 Å². The van der Waals surface area contributed by atoms with E-state index in [0.29, 0.717) is 22.4 Å². The van der Waals surface area contributed by atoms with Gasteiger partial charge in [-0.05, 0) is 61.7 Å². The lowest BCUT2D eigenvalue weighted by molar-refractivity contribution is 0.0871. The Hall–Kier alpha value is -2.37. The van der Waals surface area contributed by atoms with E-state index in [-0.39, 0.29) is 11.9 Å². The van der Waals surface area contributed by atoms with Gasteiger partial charge in [0.15, 0.2) is 5.76 Å². The molecule has 0 saturated carbocycles. The quantitative estimate of drug-likeness (QED) is 0.723. The molecule has 2 aromatic heterocycles. The van der Waals surface area contributed by atoms with E-state index in [1.54, 1.807) is 24.3 Å². The molecule has 1 fully saturated rings. The lowest BCUT2D eigenvalue weighted by atomic mass is 10.0. The van der Waals surface area contributed by atoms with E-state index in [9.17, 15) is 4.79 Å². The Morgan fingerprint density at radius 2 is 1.96 bits per heavy atom. The minimum Gasteiger partial charge on any atom is -0.451 e. The van der Waals surface area contributed by atoms with Crippen molar-refractivity contribution in [2.45, 2.75) is 31.8 Å². The highest BCUT2D eigenvalue weighted by atomic mass is 35.5. The van der Waals surface area contributed by atoms with Gasteiger partial charge in [-0.3, -0.25) is 14.7 Å². The van der Waals surface area contributed by atoms with E-state index in [2.05, 4.69) is 34.3 Å². The van der Waals surface area contributed by atoms with Gasteiger partial charge >= 0.3 is 0 Å². The predicted octanol–water partition coefficient (Wildman–Crippen LogP) is 4.44. The molecule has 1 atom stereocenters. The molecule has 5 nitrogen and oxygen atoms in total. The van der Waals surface area contributed by atoms with Crippen molar-refractivity contribution in [1.29, 1.82) is 0 Å². The standard InChI is InChI=1S/C21H22ClN3O2/c1-14(15-4-8-23-9-5-15)25-10-6-18(7-11-25)24-21(26)20-13-16-12-17(22)2-3-19(16)27-20/h2-5,8-9,12-14,18H,6-7,10-11H2,1H3,(H,24,26)/t14-/m1/s1. The number of amides is 1. The number of carbonyl (C=O) groups is 1. The molecule has 4 rings (SSSR count). The van der Waals surface area contributed by atoms with Crippen molar-refractivity contribution in [3.05, 3.63) is 65.1 Å². The SMILES string of the molecule is C[C@H](c1ccncc1)N1CCC(NC(=O)c2cc3cc(Cl)ccc3o2)CC1. The summed E-state index contributed by atoms with van der Waals surface area (Å²) >= 11 is 6.00.